The molecule has 0 aromatic carbocycles. The molecule has 1 aromatic rings. The first kappa shape index (κ1) is 14.0. The lowest BCUT2D eigenvalue weighted by molar-refractivity contribution is -0.130. The van der Waals surface area contributed by atoms with E-state index in [4.69, 9.17) is 11.6 Å². The van der Waals surface area contributed by atoms with Gasteiger partial charge in [-0.05, 0) is 27.7 Å². The van der Waals surface area contributed by atoms with Gasteiger partial charge in [-0.2, -0.15) is 5.10 Å². The fourth-order valence-corrected chi connectivity index (χ4v) is 1.85. The topological polar surface area (TPSA) is 38.1 Å². The second kappa shape index (κ2) is 6.05. The summed E-state index contributed by atoms with van der Waals surface area (Å²) in [5, 5.41) is 3.55. The molecule has 0 fully saturated rings. The summed E-state index contributed by atoms with van der Waals surface area (Å²) in [7, 11) is 0. The number of likely N-dealkylation sites (N-methyl/N-ethyl adjacent to an activating group) is 1. The van der Waals surface area contributed by atoms with Crippen molar-refractivity contribution in [1.29, 1.82) is 0 Å². The maximum absolute atomic E-state index is 12.0. The number of hydrogen-bond donors (Lipinski definition) is 0. The maximum atomic E-state index is 12.0. The van der Waals surface area contributed by atoms with E-state index in [0.29, 0.717) is 13.1 Å². The highest BCUT2D eigenvalue weighted by Crippen LogP contribution is 2.23. The van der Waals surface area contributed by atoms with Gasteiger partial charge >= 0.3 is 0 Å². The van der Waals surface area contributed by atoms with E-state index in [1.807, 2.05) is 33.9 Å². The Morgan fingerprint density at radius 1 is 1.47 bits per heavy atom. The summed E-state index contributed by atoms with van der Waals surface area (Å²) in [5.41, 5.74) is 0.761. The van der Waals surface area contributed by atoms with Crippen molar-refractivity contribution in [2.75, 3.05) is 13.1 Å². The van der Waals surface area contributed by atoms with Crippen LogP contribution in [0.5, 0.6) is 0 Å². The molecule has 0 aliphatic carbocycles. The minimum Gasteiger partial charge on any atom is -0.342 e. The number of hydrogen-bond acceptors (Lipinski definition) is 2. The molecular formula is C12H20ClN3O. The van der Waals surface area contributed by atoms with E-state index in [1.165, 1.54) is 0 Å². The van der Waals surface area contributed by atoms with Gasteiger partial charge < -0.3 is 4.90 Å². The van der Waals surface area contributed by atoms with Gasteiger partial charge in [0.1, 0.15) is 5.38 Å². The number of carbonyl (C=O) groups excluding carboxylic acids is 1. The Morgan fingerprint density at radius 2 is 2.06 bits per heavy atom. The Kier molecular flexibility index (Phi) is 5.00. The van der Waals surface area contributed by atoms with E-state index in [1.54, 1.807) is 15.8 Å². The smallest absolute Gasteiger partial charge is 0.245 e. The van der Waals surface area contributed by atoms with E-state index in [0.717, 1.165) is 5.56 Å². The molecule has 0 saturated heterocycles. The second-order valence-electron chi connectivity index (χ2n) is 4.22. The van der Waals surface area contributed by atoms with Gasteiger partial charge in [0.25, 0.3) is 0 Å². The summed E-state index contributed by atoms with van der Waals surface area (Å²) in [5.74, 6) is -0.0556. The predicted molar refractivity (Wildman–Crippen MR) is 69.1 cm³/mol. The van der Waals surface area contributed by atoms with Crippen molar-refractivity contribution in [3.63, 3.8) is 0 Å². The Hall–Kier alpha value is -1.03. The van der Waals surface area contributed by atoms with E-state index >= 15 is 0 Å². The molecule has 4 nitrogen and oxygen atoms in total. The molecule has 5 heteroatoms. The largest absolute Gasteiger partial charge is 0.342 e. The Morgan fingerprint density at radius 3 is 2.47 bits per heavy atom. The van der Waals surface area contributed by atoms with Crippen LogP contribution in [0.4, 0.5) is 0 Å². The number of halogens is 1. The third kappa shape index (κ3) is 3.22. The van der Waals surface area contributed by atoms with Gasteiger partial charge in [0, 0.05) is 30.9 Å². The SMILES string of the molecule is CCN(CC)C(=O)C(Cl)c1cnn(C(C)C)c1. The molecule has 1 atom stereocenters. The molecule has 1 aromatic heterocycles. The average Bonchev–Trinajstić information content (AvgIpc) is 2.78. The second-order valence-corrected chi connectivity index (χ2v) is 4.66. The standard InChI is InChI=1S/C12H20ClN3O/c1-5-15(6-2)12(17)11(13)10-7-14-16(8-10)9(3)4/h7-9,11H,5-6H2,1-4H3. The summed E-state index contributed by atoms with van der Waals surface area (Å²) >= 11 is 6.18. The van der Waals surface area contributed by atoms with Crippen molar-refractivity contribution in [3.8, 4) is 0 Å². The normalized spacial score (nSPS) is 12.8. The van der Waals surface area contributed by atoms with Crippen molar-refractivity contribution >= 4 is 17.5 Å². The number of amides is 1. The van der Waals surface area contributed by atoms with Gasteiger partial charge in [-0.25, -0.2) is 0 Å². The quantitative estimate of drug-likeness (QED) is 0.761. The molecule has 0 bridgehead atoms. The van der Waals surface area contributed by atoms with Gasteiger partial charge in [0.2, 0.25) is 5.91 Å². The molecule has 1 amide bonds. The summed E-state index contributed by atoms with van der Waals surface area (Å²) in [6.45, 7) is 9.32. The van der Waals surface area contributed by atoms with Gasteiger partial charge in [-0.3, -0.25) is 9.48 Å². The van der Waals surface area contributed by atoms with Crippen LogP contribution in [0.3, 0.4) is 0 Å². The first-order valence-electron chi connectivity index (χ1n) is 5.98. The van der Waals surface area contributed by atoms with E-state index in [-0.39, 0.29) is 11.9 Å². The molecular weight excluding hydrogens is 238 g/mol. The van der Waals surface area contributed by atoms with Crippen LogP contribution in [-0.4, -0.2) is 33.7 Å². The van der Waals surface area contributed by atoms with Crippen LogP contribution in [0.25, 0.3) is 0 Å². The van der Waals surface area contributed by atoms with Gasteiger partial charge in [0.05, 0.1) is 6.20 Å². The van der Waals surface area contributed by atoms with Crippen LogP contribution in [0.2, 0.25) is 0 Å². The van der Waals surface area contributed by atoms with Crippen LogP contribution >= 0.6 is 11.6 Å². The Balaban J connectivity index is 2.81. The number of nitrogens with zero attached hydrogens (tertiary/aromatic N) is 3. The monoisotopic (exact) mass is 257 g/mol. The fraction of sp³-hybridized carbons (Fsp3) is 0.667. The number of aromatic nitrogens is 2. The molecule has 0 aliphatic heterocycles. The summed E-state index contributed by atoms with van der Waals surface area (Å²) < 4.78 is 1.81. The molecule has 1 rings (SSSR count). The first-order chi connectivity index (χ1) is 8.01. The lowest BCUT2D eigenvalue weighted by Gasteiger charge is -2.21. The highest BCUT2D eigenvalue weighted by Gasteiger charge is 2.23. The summed E-state index contributed by atoms with van der Waals surface area (Å²) in [6, 6.07) is 0.274. The van der Waals surface area contributed by atoms with Crippen LogP contribution in [-0.2, 0) is 4.79 Å². The van der Waals surface area contributed by atoms with Crippen LogP contribution in [0.15, 0.2) is 12.4 Å². The van der Waals surface area contributed by atoms with Crippen LogP contribution in [0.1, 0.15) is 44.7 Å². The molecule has 0 saturated carbocycles. The lowest BCUT2D eigenvalue weighted by atomic mass is 10.2. The van der Waals surface area contributed by atoms with Gasteiger partial charge in [-0.1, -0.05) is 0 Å². The molecule has 0 aliphatic rings. The van der Waals surface area contributed by atoms with Gasteiger partial charge in [0.15, 0.2) is 0 Å². The zero-order valence-corrected chi connectivity index (χ0v) is 11.6. The van der Waals surface area contributed by atoms with E-state index in [2.05, 4.69) is 5.10 Å². The minimum atomic E-state index is -0.637. The van der Waals surface area contributed by atoms with Crippen molar-refractivity contribution < 1.29 is 4.79 Å². The van der Waals surface area contributed by atoms with E-state index in [9.17, 15) is 4.79 Å². The maximum Gasteiger partial charge on any atom is 0.245 e. The minimum absolute atomic E-state index is 0.0556. The zero-order chi connectivity index (χ0) is 13.0. The number of alkyl halides is 1. The van der Waals surface area contributed by atoms with E-state index < -0.39 is 5.38 Å². The Bertz CT molecular complexity index is 372. The zero-order valence-electron chi connectivity index (χ0n) is 10.9. The van der Waals surface area contributed by atoms with Crippen LogP contribution < -0.4 is 0 Å². The highest BCUT2D eigenvalue weighted by molar-refractivity contribution is 6.30. The summed E-state index contributed by atoms with van der Waals surface area (Å²) in [4.78, 5) is 13.8. The van der Waals surface area contributed by atoms with Crippen molar-refractivity contribution in [2.45, 2.75) is 39.1 Å². The lowest BCUT2D eigenvalue weighted by Crippen LogP contribution is -2.33. The predicted octanol–water partition coefficient (Wildman–Crippen LogP) is 2.61. The number of rotatable bonds is 5. The fourth-order valence-electron chi connectivity index (χ4n) is 1.60. The molecule has 0 radical (unpaired) electrons. The third-order valence-corrected chi connectivity index (χ3v) is 3.17. The highest BCUT2D eigenvalue weighted by atomic mass is 35.5. The van der Waals surface area contributed by atoms with Crippen LogP contribution in [0, 0.1) is 0 Å². The van der Waals surface area contributed by atoms with Gasteiger partial charge in [-0.15, -0.1) is 11.6 Å². The molecule has 0 N–H and O–H groups in total. The molecule has 1 unspecified atom stereocenters. The molecule has 96 valence electrons. The van der Waals surface area contributed by atoms with Crippen molar-refractivity contribution in [2.24, 2.45) is 0 Å². The first-order valence-corrected chi connectivity index (χ1v) is 6.41. The van der Waals surface area contributed by atoms with Crippen molar-refractivity contribution in [3.05, 3.63) is 18.0 Å². The average molecular weight is 258 g/mol. The van der Waals surface area contributed by atoms with Crippen molar-refractivity contribution in [1.82, 2.24) is 14.7 Å². The molecule has 1 heterocycles. The molecule has 0 spiro atoms. The Labute approximate surface area is 108 Å². The number of carbonyl (C=O) groups is 1. The molecule has 17 heavy (non-hydrogen) atoms. The summed E-state index contributed by atoms with van der Waals surface area (Å²) in [6.07, 6.45) is 3.50. The third-order valence-electron chi connectivity index (χ3n) is 2.74.